The van der Waals surface area contributed by atoms with Crippen molar-refractivity contribution in [3.8, 4) is 5.75 Å². The zero-order valence-electron chi connectivity index (χ0n) is 14.7. The van der Waals surface area contributed by atoms with Gasteiger partial charge in [-0.1, -0.05) is 6.07 Å². The maximum absolute atomic E-state index is 11.1. The fraction of sp³-hybridized carbons (Fsp3) is 0.588. The van der Waals surface area contributed by atoms with Crippen LogP contribution in [0.2, 0.25) is 0 Å². The number of nitro groups is 1. The minimum Gasteiger partial charge on any atom is -0.490 e. The number of benzene rings is 1. The molecule has 1 unspecified atom stereocenters. The summed E-state index contributed by atoms with van der Waals surface area (Å²) >= 11 is 0. The number of rotatable bonds is 4. The molecule has 25 heavy (non-hydrogen) atoms. The highest BCUT2D eigenvalue weighted by atomic mass is 16.6. The number of guanidine groups is 1. The van der Waals surface area contributed by atoms with Crippen LogP contribution in [0, 0.1) is 15.5 Å². The van der Waals surface area contributed by atoms with E-state index < -0.39 is 4.92 Å². The molecule has 136 valence electrons. The van der Waals surface area contributed by atoms with Gasteiger partial charge < -0.3 is 19.7 Å². The number of aliphatic imine (C=N–C) groups is 1. The first kappa shape index (κ1) is 17.5. The highest BCUT2D eigenvalue weighted by Crippen LogP contribution is 2.38. The minimum atomic E-state index is -0.429. The monoisotopic (exact) mass is 348 g/mol. The van der Waals surface area contributed by atoms with Crippen molar-refractivity contribution in [1.29, 1.82) is 0 Å². The second-order valence-electron chi connectivity index (χ2n) is 6.64. The maximum atomic E-state index is 11.1. The predicted molar refractivity (Wildman–Crippen MR) is 93.9 cm³/mol. The van der Waals surface area contributed by atoms with Gasteiger partial charge in [-0.05, 0) is 24.5 Å². The summed E-state index contributed by atoms with van der Waals surface area (Å²) in [6, 6.07) is 4.98. The Morgan fingerprint density at radius 2 is 2.36 bits per heavy atom. The van der Waals surface area contributed by atoms with Gasteiger partial charge in [-0.25, -0.2) is 0 Å². The van der Waals surface area contributed by atoms with Gasteiger partial charge in [0.1, 0.15) is 0 Å². The molecular weight excluding hydrogens is 324 g/mol. The van der Waals surface area contributed by atoms with E-state index in [0.717, 1.165) is 50.7 Å². The van der Waals surface area contributed by atoms with Crippen LogP contribution in [0.5, 0.6) is 5.75 Å². The Morgan fingerprint density at radius 3 is 3.00 bits per heavy atom. The number of hydrogen-bond acceptors (Lipinski definition) is 5. The lowest BCUT2D eigenvalue weighted by atomic mass is 9.87. The molecule has 2 fully saturated rings. The van der Waals surface area contributed by atoms with Gasteiger partial charge in [0.2, 0.25) is 0 Å². The smallest absolute Gasteiger partial charge is 0.311 e. The molecule has 0 amide bonds. The van der Waals surface area contributed by atoms with Gasteiger partial charge in [-0.15, -0.1) is 0 Å². The largest absolute Gasteiger partial charge is 0.490 e. The molecule has 1 aromatic rings. The average molecular weight is 348 g/mol. The van der Waals surface area contributed by atoms with Crippen LogP contribution in [-0.2, 0) is 11.3 Å². The Morgan fingerprint density at radius 1 is 1.52 bits per heavy atom. The molecule has 8 heteroatoms. The Balaban J connectivity index is 1.64. The van der Waals surface area contributed by atoms with Gasteiger partial charge in [0.05, 0.1) is 18.6 Å². The standard InChI is InChI=1S/C17H24N4O4/c1-18-16(20-7-5-17(11-20)6-8-25-12-17)19-10-13-3-4-15(24-2)14(9-13)21(22)23/h3-4,9H,5-8,10-12H2,1-2H3,(H,18,19). The van der Waals surface area contributed by atoms with E-state index in [1.165, 1.54) is 13.2 Å². The molecule has 2 heterocycles. The fourth-order valence-corrected chi connectivity index (χ4v) is 3.59. The number of hydrogen-bond donors (Lipinski definition) is 1. The number of likely N-dealkylation sites (tertiary alicyclic amines) is 1. The van der Waals surface area contributed by atoms with Crippen LogP contribution in [0.1, 0.15) is 18.4 Å². The molecule has 2 aliphatic rings. The lowest BCUT2D eigenvalue weighted by Gasteiger charge is -2.25. The Kier molecular flexibility index (Phi) is 5.08. The van der Waals surface area contributed by atoms with E-state index in [0.29, 0.717) is 6.54 Å². The molecule has 1 atom stereocenters. The van der Waals surface area contributed by atoms with Crippen LogP contribution >= 0.6 is 0 Å². The van der Waals surface area contributed by atoms with Gasteiger partial charge >= 0.3 is 5.69 Å². The summed E-state index contributed by atoms with van der Waals surface area (Å²) in [5.41, 5.74) is 1.04. The summed E-state index contributed by atoms with van der Waals surface area (Å²) in [5, 5.41) is 14.5. The zero-order chi connectivity index (χ0) is 17.9. The SMILES string of the molecule is CN=C(NCc1ccc(OC)c([N+](=O)[O-])c1)N1CCC2(CCOC2)C1. The van der Waals surface area contributed by atoms with Gasteiger partial charge in [-0.3, -0.25) is 15.1 Å². The van der Waals surface area contributed by atoms with E-state index in [-0.39, 0.29) is 16.9 Å². The number of methoxy groups -OCH3 is 1. The molecule has 1 spiro atoms. The Labute approximate surface area is 147 Å². The molecule has 8 nitrogen and oxygen atoms in total. The normalized spacial score (nSPS) is 23.3. The third kappa shape index (κ3) is 3.68. The van der Waals surface area contributed by atoms with E-state index >= 15 is 0 Å². The van der Waals surface area contributed by atoms with Gasteiger partial charge in [0, 0.05) is 44.8 Å². The second kappa shape index (κ2) is 7.26. The highest BCUT2D eigenvalue weighted by molar-refractivity contribution is 5.80. The van der Waals surface area contributed by atoms with Crippen LogP contribution in [-0.4, -0.2) is 56.2 Å². The van der Waals surface area contributed by atoms with Gasteiger partial charge in [-0.2, -0.15) is 0 Å². The number of ether oxygens (including phenoxy) is 2. The summed E-state index contributed by atoms with van der Waals surface area (Å²) in [5.74, 6) is 1.09. The van der Waals surface area contributed by atoms with Gasteiger partial charge in [0.15, 0.2) is 11.7 Å². The van der Waals surface area contributed by atoms with E-state index in [1.54, 1.807) is 13.1 Å². The van der Waals surface area contributed by atoms with Crippen molar-refractivity contribution < 1.29 is 14.4 Å². The first-order chi connectivity index (χ1) is 12.1. The van der Waals surface area contributed by atoms with Crippen molar-refractivity contribution in [2.75, 3.05) is 40.5 Å². The third-order valence-corrected chi connectivity index (χ3v) is 5.03. The summed E-state index contributed by atoms with van der Waals surface area (Å²) in [7, 11) is 3.19. The molecule has 0 bridgehead atoms. The Bertz CT molecular complexity index is 671. The van der Waals surface area contributed by atoms with E-state index in [1.807, 2.05) is 6.07 Å². The average Bonchev–Trinajstić information content (AvgIpc) is 3.25. The molecule has 0 saturated carbocycles. The third-order valence-electron chi connectivity index (χ3n) is 5.03. The lowest BCUT2D eigenvalue weighted by Crippen LogP contribution is -2.41. The summed E-state index contributed by atoms with van der Waals surface area (Å²) in [6.45, 7) is 4.03. The first-order valence-corrected chi connectivity index (χ1v) is 8.41. The molecule has 0 aromatic heterocycles. The maximum Gasteiger partial charge on any atom is 0.311 e. The molecular formula is C17H24N4O4. The number of nitro benzene ring substituents is 1. The number of nitrogens with one attached hydrogen (secondary N) is 1. The molecule has 0 radical (unpaired) electrons. The van der Waals surface area contributed by atoms with Crippen molar-refractivity contribution in [1.82, 2.24) is 10.2 Å². The summed E-state index contributed by atoms with van der Waals surface area (Å²) in [6.07, 6.45) is 2.22. The van der Waals surface area contributed by atoms with Crippen LogP contribution in [0.4, 0.5) is 5.69 Å². The quantitative estimate of drug-likeness (QED) is 0.386. The molecule has 3 rings (SSSR count). The van der Waals surface area contributed by atoms with Gasteiger partial charge in [0.25, 0.3) is 0 Å². The molecule has 1 N–H and O–H groups in total. The van der Waals surface area contributed by atoms with E-state index in [9.17, 15) is 10.1 Å². The van der Waals surface area contributed by atoms with Crippen molar-refractivity contribution in [2.24, 2.45) is 10.4 Å². The molecule has 2 aliphatic heterocycles. The predicted octanol–water partition coefficient (Wildman–Crippen LogP) is 1.79. The van der Waals surface area contributed by atoms with Crippen LogP contribution in [0.3, 0.4) is 0 Å². The zero-order valence-corrected chi connectivity index (χ0v) is 14.7. The van der Waals surface area contributed by atoms with Crippen LogP contribution in [0.25, 0.3) is 0 Å². The minimum absolute atomic E-state index is 0.0278. The van der Waals surface area contributed by atoms with Crippen molar-refractivity contribution in [3.63, 3.8) is 0 Å². The Hall–Kier alpha value is -2.35. The van der Waals surface area contributed by atoms with Crippen molar-refractivity contribution in [2.45, 2.75) is 19.4 Å². The van der Waals surface area contributed by atoms with E-state index in [4.69, 9.17) is 9.47 Å². The second-order valence-corrected chi connectivity index (χ2v) is 6.64. The molecule has 0 aliphatic carbocycles. The van der Waals surface area contributed by atoms with Crippen molar-refractivity contribution >= 4 is 11.6 Å². The van der Waals surface area contributed by atoms with E-state index in [2.05, 4.69) is 15.2 Å². The van der Waals surface area contributed by atoms with Crippen LogP contribution in [0.15, 0.2) is 23.2 Å². The highest BCUT2D eigenvalue weighted by Gasteiger charge is 2.42. The fourth-order valence-electron chi connectivity index (χ4n) is 3.59. The molecule has 1 aromatic carbocycles. The molecule has 2 saturated heterocycles. The lowest BCUT2D eigenvalue weighted by molar-refractivity contribution is -0.385. The topological polar surface area (TPSA) is 89.2 Å². The summed E-state index contributed by atoms with van der Waals surface area (Å²) < 4.78 is 10.6. The summed E-state index contributed by atoms with van der Waals surface area (Å²) in [4.78, 5) is 17.3. The van der Waals surface area contributed by atoms with Crippen molar-refractivity contribution in [3.05, 3.63) is 33.9 Å². The first-order valence-electron chi connectivity index (χ1n) is 8.41. The number of nitrogens with zero attached hydrogens (tertiary/aromatic N) is 3. The van der Waals surface area contributed by atoms with Crippen LogP contribution < -0.4 is 10.1 Å².